The van der Waals surface area contributed by atoms with Crippen LogP contribution in [0.3, 0.4) is 0 Å². The summed E-state index contributed by atoms with van der Waals surface area (Å²) in [7, 11) is 1.46. The monoisotopic (exact) mass is 384 g/mol. The Hall–Kier alpha value is -3.06. The van der Waals surface area contributed by atoms with Crippen molar-refractivity contribution in [3.8, 4) is 11.5 Å². The summed E-state index contributed by atoms with van der Waals surface area (Å²) >= 11 is 0. The van der Waals surface area contributed by atoms with Gasteiger partial charge in [-0.3, -0.25) is 9.59 Å². The average molecular weight is 384 g/mol. The van der Waals surface area contributed by atoms with Crippen LogP contribution in [0.15, 0.2) is 42.5 Å². The molecule has 148 valence electrons. The van der Waals surface area contributed by atoms with Crippen LogP contribution in [0, 0.1) is 6.92 Å². The minimum Gasteiger partial charge on any atom is -0.494 e. The molecular weight excluding hydrogens is 360 g/mol. The molecule has 0 fully saturated rings. The van der Waals surface area contributed by atoms with Gasteiger partial charge < -0.3 is 24.4 Å². The molecule has 0 spiro atoms. The molecule has 0 aliphatic carbocycles. The zero-order valence-electron chi connectivity index (χ0n) is 16.1. The van der Waals surface area contributed by atoms with Gasteiger partial charge in [0, 0.05) is 19.3 Å². The molecule has 2 aromatic carbocycles. The number of hydrogen-bond acceptors (Lipinski definition) is 5. The lowest BCUT2D eigenvalue weighted by atomic mass is 10.2. The zero-order chi connectivity index (χ0) is 19.9. The quantitative estimate of drug-likeness (QED) is 0.708. The van der Waals surface area contributed by atoms with Crippen LogP contribution in [0.2, 0.25) is 0 Å². The van der Waals surface area contributed by atoms with Crippen molar-refractivity contribution in [1.82, 2.24) is 0 Å². The highest BCUT2D eigenvalue weighted by Crippen LogP contribution is 2.34. The largest absolute Gasteiger partial charge is 0.494 e. The molecule has 0 unspecified atom stereocenters. The first-order valence-corrected chi connectivity index (χ1v) is 9.12. The molecule has 0 saturated carbocycles. The van der Waals surface area contributed by atoms with Gasteiger partial charge in [0.1, 0.15) is 18.1 Å². The maximum Gasteiger partial charge on any atom is 0.265 e. The summed E-state index contributed by atoms with van der Waals surface area (Å²) in [6.07, 6.45) is 0.666. The Balaban J connectivity index is 1.63. The Bertz CT molecular complexity index is 852. The molecule has 0 atom stereocenters. The first kappa shape index (κ1) is 19.7. The van der Waals surface area contributed by atoms with Gasteiger partial charge in [0.05, 0.1) is 12.3 Å². The molecule has 28 heavy (non-hydrogen) atoms. The lowest BCUT2D eigenvalue weighted by Gasteiger charge is -2.29. The number of ether oxygens (including phenoxy) is 3. The van der Waals surface area contributed by atoms with Gasteiger partial charge in [-0.1, -0.05) is 12.1 Å². The lowest BCUT2D eigenvalue weighted by Crippen LogP contribution is -2.39. The molecule has 7 nitrogen and oxygen atoms in total. The van der Waals surface area contributed by atoms with Crippen LogP contribution in [0.1, 0.15) is 12.0 Å². The van der Waals surface area contributed by atoms with E-state index in [0.29, 0.717) is 36.7 Å². The highest BCUT2D eigenvalue weighted by Gasteiger charge is 2.25. The normalized spacial score (nSPS) is 12.9. The minimum atomic E-state index is -0.261. The Kier molecular flexibility index (Phi) is 6.49. The molecule has 0 radical (unpaired) electrons. The van der Waals surface area contributed by atoms with Crippen molar-refractivity contribution < 1.29 is 23.8 Å². The second kappa shape index (κ2) is 9.23. The minimum absolute atomic E-state index is 0.00111. The zero-order valence-corrected chi connectivity index (χ0v) is 16.1. The Morgan fingerprint density at radius 2 is 2.11 bits per heavy atom. The summed E-state index contributed by atoms with van der Waals surface area (Å²) in [5.74, 6) is 1.05. The molecule has 1 heterocycles. The van der Waals surface area contributed by atoms with Crippen molar-refractivity contribution in [2.24, 2.45) is 0 Å². The number of methoxy groups -OCH3 is 1. The molecule has 7 heteroatoms. The molecule has 1 N–H and O–H groups in total. The van der Waals surface area contributed by atoms with Crippen molar-refractivity contribution >= 4 is 23.2 Å². The maximum absolute atomic E-state index is 12.4. The van der Waals surface area contributed by atoms with E-state index in [9.17, 15) is 9.59 Å². The molecule has 0 bridgehead atoms. The Labute approximate surface area is 164 Å². The van der Waals surface area contributed by atoms with Crippen molar-refractivity contribution in [1.29, 1.82) is 0 Å². The van der Waals surface area contributed by atoms with E-state index in [1.807, 2.05) is 31.2 Å². The van der Waals surface area contributed by atoms with E-state index in [1.54, 1.807) is 23.1 Å². The van der Waals surface area contributed by atoms with Gasteiger partial charge in [0.15, 0.2) is 6.61 Å². The summed E-state index contributed by atoms with van der Waals surface area (Å²) < 4.78 is 16.1. The number of anilines is 2. The number of carbonyl (C=O) groups excluding carboxylic acids is 2. The van der Waals surface area contributed by atoms with E-state index < -0.39 is 0 Å². The molecule has 0 aromatic heterocycles. The van der Waals surface area contributed by atoms with Crippen LogP contribution in [0.25, 0.3) is 0 Å². The fraction of sp³-hybridized carbons (Fsp3) is 0.333. The Morgan fingerprint density at radius 1 is 1.25 bits per heavy atom. The van der Waals surface area contributed by atoms with Crippen LogP contribution in [0.4, 0.5) is 11.4 Å². The van der Waals surface area contributed by atoms with Gasteiger partial charge in [-0.25, -0.2) is 0 Å². The fourth-order valence-corrected chi connectivity index (χ4v) is 2.97. The van der Waals surface area contributed by atoms with Gasteiger partial charge in [-0.2, -0.15) is 0 Å². The van der Waals surface area contributed by atoms with Crippen LogP contribution >= 0.6 is 0 Å². The number of hydrogen-bond donors (Lipinski definition) is 1. The third-order valence-electron chi connectivity index (χ3n) is 4.25. The summed E-state index contributed by atoms with van der Waals surface area (Å²) in [5, 5.41) is 2.74. The number of benzene rings is 2. The van der Waals surface area contributed by atoms with Crippen molar-refractivity contribution in [2.75, 3.05) is 43.7 Å². The third-order valence-corrected chi connectivity index (χ3v) is 4.25. The van der Waals surface area contributed by atoms with Gasteiger partial charge in [-0.15, -0.1) is 0 Å². The molecule has 0 saturated heterocycles. The SMILES string of the molecule is COCC(=O)Nc1ccc2c(c1)N(CCCOc1cccc(C)c1)C(=O)CO2. The fourth-order valence-electron chi connectivity index (χ4n) is 2.97. The van der Waals surface area contributed by atoms with E-state index in [-0.39, 0.29) is 25.0 Å². The number of rotatable bonds is 8. The number of amides is 2. The Morgan fingerprint density at radius 3 is 2.89 bits per heavy atom. The third kappa shape index (κ3) is 5.01. The average Bonchev–Trinajstić information content (AvgIpc) is 2.67. The van der Waals surface area contributed by atoms with Gasteiger partial charge in [0.25, 0.3) is 5.91 Å². The smallest absolute Gasteiger partial charge is 0.265 e. The van der Waals surface area contributed by atoms with Crippen LogP contribution in [-0.2, 0) is 14.3 Å². The van der Waals surface area contributed by atoms with Gasteiger partial charge in [0.2, 0.25) is 5.91 Å². The van der Waals surface area contributed by atoms with Crippen molar-refractivity contribution in [3.63, 3.8) is 0 Å². The second-order valence-electron chi connectivity index (χ2n) is 6.52. The van der Waals surface area contributed by atoms with E-state index in [2.05, 4.69) is 5.32 Å². The summed E-state index contributed by atoms with van der Waals surface area (Å²) in [6.45, 7) is 2.97. The lowest BCUT2D eigenvalue weighted by molar-refractivity contribution is -0.121. The van der Waals surface area contributed by atoms with Crippen LogP contribution < -0.4 is 19.7 Å². The first-order valence-electron chi connectivity index (χ1n) is 9.12. The second-order valence-corrected chi connectivity index (χ2v) is 6.52. The summed E-state index contributed by atoms with van der Waals surface area (Å²) in [5.41, 5.74) is 2.36. The molecular formula is C21H24N2O5. The first-order chi connectivity index (χ1) is 13.6. The van der Waals surface area contributed by atoms with E-state index in [1.165, 1.54) is 7.11 Å². The van der Waals surface area contributed by atoms with Crippen LogP contribution in [0.5, 0.6) is 11.5 Å². The number of fused-ring (bicyclic) bond motifs is 1. The summed E-state index contributed by atoms with van der Waals surface area (Å²) in [4.78, 5) is 25.8. The number of nitrogens with one attached hydrogen (secondary N) is 1. The standard InChI is InChI=1S/C21H24N2O5/c1-15-5-3-6-17(11-15)27-10-4-9-23-18-12-16(22-20(24)13-26-2)7-8-19(18)28-14-21(23)25/h3,5-8,11-12H,4,9-10,13-14H2,1-2H3,(H,22,24). The van der Waals surface area contributed by atoms with Crippen molar-refractivity contribution in [3.05, 3.63) is 48.0 Å². The number of carbonyl (C=O) groups is 2. The summed E-state index contributed by atoms with van der Waals surface area (Å²) in [6, 6.07) is 13.1. The molecule has 1 aliphatic heterocycles. The number of aryl methyl sites for hydroxylation is 1. The van der Waals surface area contributed by atoms with Crippen molar-refractivity contribution in [2.45, 2.75) is 13.3 Å². The predicted octanol–water partition coefficient (Wildman–Crippen LogP) is 2.77. The highest BCUT2D eigenvalue weighted by molar-refractivity contribution is 5.99. The predicted molar refractivity (Wildman–Crippen MR) is 106 cm³/mol. The molecule has 3 rings (SSSR count). The topological polar surface area (TPSA) is 77.1 Å². The maximum atomic E-state index is 12.4. The van der Waals surface area contributed by atoms with E-state index in [4.69, 9.17) is 14.2 Å². The molecule has 2 aromatic rings. The highest BCUT2D eigenvalue weighted by atomic mass is 16.5. The molecule has 1 aliphatic rings. The van der Waals surface area contributed by atoms with E-state index in [0.717, 1.165) is 11.3 Å². The van der Waals surface area contributed by atoms with Crippen LogP contribution in [-0.4, -0.2) is 45.3 Å². The number of nitrogens with zero attached hydrogens (tertiary/aromatic N) is 1. The van der Waals surface area contributed by atoms with Gasteiger partial charge >= 0.3 is 0 Å². The molecule has 2 amide bonds. The van der Waals surface area contributed by atoms with E-state index >= 15 is 0 Å². The van der Waals surface area contributed by atoms with Gasteiger partial charge in [-0.05, 0) is 49.2 Å².